The van der Waals surface area contributed by atoms with Gasteiger partial charge in [-0.05, 0) is 72.4 Å². The lowest BCUT2D eigenvalue weighted by Crippen LogP contribution is -2.31. The topological polar surface area (TPSA) is 72.0 Å². The third-order valence-electron chi connectivity index (χ3n) is 2.32. The molecule has 0 aliphatic carbocycles. The van der Waals surface area contributed by atoms with Gasteiger partial charge in [-0.25, -0.2) is 4.79 Å². The number of hydrogen-bond acceptors (Lipinski definition) is 5. The number of nitrogens with zero attached hydrogens (tertiary/aromatic N) is 1. The van der Waals surface area contributed by atoms with E-state index in [-0.39, 0.29) is 12.6 Å². The Bertz CT molecular complexity index is 552. The van der Waals surface area contributed by atoms with Gasteiger partial charge in [0.05, 0.1) is 16.4 Å². The quantitative estimate of drug-likeness (QED) is 0.225. The number of halogens is 1. The molecular weight excluding hydrogens is 417 g/mol. The van der Waals surface area contributed by atoms with Crippen molar-refractivity contribution in [3.63, 3.8) is 0 Å². The maximum atomic E-state index is 11.3. The fourth-order valence-electron chi connectivity index (χ4n) is 1.42. The molecule has 0 unspecified atom stereocenters. The van der Waals surface area contributed by atoms with Crippen LogP contribution in [0.3, 0.4) is 0 Å². The Labute approximate surface area is 148 Å². The number of esters is 1. The Hall–Kier alpha value is -1.42. The van der Waals surface area contributed by atoms with Crippen LogP contribution in [0.2, 0.25) is 0 Å². The largest absolute Gasteiger partial charge is 0.481 e. The summed E-state index contributed by atoms with van der Waals surface area (Å²) in [6.45, 7) is 4.69. The van der Waals surface area contributed by atoms with Crippen molar-refractivity contribution in [1.29, 1.82) is 0 Å². The van der Waals surface area contributed by atoms with Crippen LogP contribution >= 0.6 is 34.8 Å². The van der Waals surface area contributed by atoms with Gasteiger partial charge >= 0.3 is 5.97 Å². The van der Waals surface area contributed by atoms with E-state index in [1.54, 1.807) is 19.2 Å². The molecule has 0 bridgehead atoms. The Balaban J connectivity index is 2.56. The van der Waals surface area contributed by atoms with Gasteiger partial charge in [-0.2, -0.15) is 5.10 Å². The van der Waals surface area contributed by atoms with Crippen LogP contribution in [0.5, 0.6) is 5.75 Å². The smallest absolute Gasteiger partial charge is 0.344 e. The number of ether oxygens (including phenoxy) is 2. The summed E-state index contributed by atoms with van der Waals surface area (Å²) in [5, 5.41) is 7.44. The van der Waals surface area contributed by atoms with Gasteiger partial charge in [-0.15, -0.1) is 0 Å². The predicted molar refractivity (Wildman–Crippen MR) is 98.3 cm³/mol. The number of carbonyl (C=O) groups excluding carboxylic acids is 1. The maximum absolute atomic E-state index is 11.3. The van der Waals surface area contributed by atoms with E-state index in [0.717, 1.165) is 15.7 Å². The Morgan fingerprint density at radius 2 is 2.23 bits per heavy atom. The average Bonchev–Trinajstić information content (AvgIpc) is 2.47. The summed E-state index contributed by atoms with van der Waals surface area (Å²) in [4.78, 5) is 11.3. The van der Waals surface area contributed by atoms with Crippen LogP contribution in [0.15, 0.2) is 23.3 Å². The number of rotatable bonds is 7. The predicted octanol–water partition coefficient (Wildman–Crippen LogP) is 2.05. The highest BCUT2D eigenvalue weighted by Gasteiger charge is 2.06. The lowest BCUT2D eigenvalue weighted by Gasteiger charge is -2.08. The first-order chi connectivity index (χ1) is 10.6. The van der Waals surface area contributed by atoms with Gasteiger partial charge in [0, 0.05) is 6.54 Å². The van der Waals surface area contributed by atoms with Crippen molar-refractivity contribution in [1.82, 2.24) is 10.7 Å². The Morgan fingerprint density at radius 1 is 1.45 bits per heavy atom. The maximum Gasteiger partial charge on any atom is 0.344 e. The molecule has 0 atom stereocenters. The Kier molecular flexibility index (Phi) is 8.75. The first-order valence-electron chi connectivity index (χ1n) is 6.71. The molecule has 1 aromatic rings. The standard InChI is InChI=1S/C14H18IN3O3S/c1-3-16-14(22)18-17-8-10-5-6-12(11(15)7-10)21-9-13(19)20-4-2/h5-8H,3-4,9H2,1-2H3,(H2,16,18,22)/b17-8-. The molecule has 120 valence electrons. The molecule has 0 aliphatic rings. The van der Waals surface area contributed by atoms with Crippen molar-refractivity contribution >= 4 is 52.1 Å². The molecule has 0 fully saturated rings. The van der Waals surface area contributed by atoms with E-state index in [2.05, 4.69) is 38.4 Å². The van der Waals surface area contributed by atoms with Crippen molar-refractivity contribution in [2.24, 2.45) is 5.10 Å². The molecule has 0 amide bonds. The summed E-state index contributed by atoms with van der Waals surface area (Å²) in [5.41, 5.74) is 3.60. The average molecular weight is 435 g/mol. The first kappa shape index (κ1) is 18.6. The van der Waals surface area contributed by atoms with E-state index in [1.807, 2.05) is 19.1 Å². The van der Waals surface area contributed by atoms with Gasteiger partial charge in [0.2, 0.25) is 0 Å². The van der Waals surface area contributed by atoms with E-state index < -0.39 is 0 Å². The molecule has 8 heteroatoms. The van der Waals surface area contributed by atoms with Gasteiger partial charge in [-0.1, -0.05) is 0 Å². The zero-order chi connectivity index (χ0) is 16.4. The van der Waals surface area contributed by atoms with Gasteiger partial charge in [0.25, 0.3) is 0 Å². The third-order valence-corrected chi connectivity index (χ3v) is 3.40. The molecule has 1 rings (SSSR count). The molecule has 0 aromatic heterocycles. The van der Waals surface area contributed by atoms with Crippen molar-refractivity contribution in [3.05, 3.63) is 27.3 Å². The number of carbonyl (C=O) groups is 1. The highest BCUT2D eigenvalue weighted by Crippen LogP contribution is 2.21. The van der Waals surface area contributed by atoms with Crippen LogP contribution in [-0.2, 0) is 9.53 Å². The first-order valence-corrected chi connectivity index (χ1v) is 8.20. The van der Waals surface area contributed by atoms with Crippen molar-refractivity contribution in [2.75, 3.05) is 19.8 Å². The van der Waals surface area contributed by atoms with E-state index in [4.69, 9.17) is 21.7 Å². The van der Waals surface area contributed by atoms with Gasteiger partial charge < -0.3 is 14.8 Å². The zero-order valence-electron chi connectivity index (χ0n) is 12.4. The molecule has 0 radical (unpaired) electrons. The molecule has 2 N–H and O–H groups in total. The molecule has 22 heavy (non-hydrogen) atoms. The van der Waals surface area contributed by atoms with Gasteiger partial charge in [-0.3, -0.25) is 5.43 Å². The van der Waals surface area contributed by atoms with Crippen LogP contribution in [0.4, 0.5) is 0 Å². The molecule has 0 saturated heterocycles. The number of hydrogen-bond donors (Lipinski definition) is 2. The van der Waals surface area contributed by atoms with Crippen LogP contribution in [0.1, 0.15) is 19.4 Å². The lowest BCUT2D eigenvalue weighted by molar-refractivity contribution is -0.145. The highest BCUT2D eigenvalue weighted by atomic mass is 127. The summed E-state index contributed by atoms with van der Waals surface area (Å²) in [7, 11) is 0. The van der Waals surface area contributed by atoms with E-state index >= 15 is 0 Å². The molecule has 1 aromatic carbocycles. The summed E-state index contributed by atoms with van der Waals surface area (Å²) in [6, 6.07) is 5.51. The number of hydrazone groups is 1. The van der Waals surface area contributed by atoms with Gasteiger partial charge in [0.1, 0.15) is 5.75 Å². The highest BCUT2D eigenvalue weighted by molar-refractivity contribution is 14.1. The number of nitrogens with one attached hydrogen (secondary N) is 2. The van der Waals surface area contributed by atoms with Crippen molar-refractivity contribution < 1.29 is 14.3 Å². The minimum Gasteiger partial charge on any atom is -0.481 e. The summed E-state index contributed by atoms with van der Waals surface area (Å²) < 4.78 is 11.1. The monoisotopic (exact) mass is 435 g/mol. The van der Waals surface area contributed by atoms with Crippen LogP contribution < -0.4 is 15.5 Å². The van der Waals surface area contributed by atoms with Crippen molar-refractivity contribution in [2.45, 2.75) is 13.8 Å². The summed E-state index contributed by atoms with van der Waals surface area (Å²) in [5.74, 6) is 0.243. The molecule has 0 aliphatic heterocycles. The molecule has 0 spiro atoms. The normalized spacial score (nSPS) is 10.3. The fourth-order valence-corrected chi connectivity index (χ4v) is 2.31. The minimum absolute atomic E-state index is 0.101. The SMILES string of the molecule is CCNC(=S)N/N=C\c1ccc(OCC(=O)OCC)c(I)c1. The molecule has 0 heterocycles. The van der Waals surface area contributed by atoms with E-state index in [1.165, 1.54) is 0 Å². The van der Waals surface area contributed by atoms with Crippen LogP contribution in [-0.4, -0.2) is 37.1 Å². The molecular formula is C14H18IN3O3S. The third kappa shape index (κ3) is 7.03. The minimum atomic E-state index is -0.384. The van der Waals surface area contributed by atoms with Crippen LogP contribution in [0.25, 0.3) is 0 Å². The van der Waals surface area contributed by atoms with Crippen molar-refractivity contribution in [3.8, 4) is 5.75 Å². The lowest BCUT2D eigenvalue weighted by atomic mass is 10.2. The number of thiocarbonyl (C=S) groups is 1. The van der Waals surface area contributed by atoms with E-state index in [9.17, 15) is 4.79 Å². The second-order valence-electron chi connectivity index (χ2n) is 4.01. The second kappa shape index (κ2) is 10.3. The molecule has 0 saturated carbocycles. The van der Waals surface area contributed by atoms with E-state index in [0.29, 0.717) is 17.5 Å². The fraction of sp³-hybridized carbons (Fsp3) is 0.357. The number of benzene rings is 1. The molecule has 6 nitrogen and oxygen atoms in total. The Morgan fingerprint density at radius 3 is 2.86 bits per heavy atom. The zero-order valence-corrected chi connectivity index (χ0v) is 15.4. The van der Waals surface area contributed by atoms with Gasteiger partial charge in [0.15, 0.2) is 11.7 Å². The summed E-state index contributed by atoms with van der Waals surface area (Å²) in [6.07, 6.45) is 1.65. The second-order valence-corrected chi connectivity index (χ2v) is 5.58. The summed E-state index contributed by atoms with van der Waals surface area (Å²) >= 11 is 7.13. The van der Waals surface area contributed by atoms with Crippen LogP contribution in [0, 0.1) is 3.57 Å².